The second kappa shape index (κ2) is 16.5. The first-order valence-corrected chi connectivity index (χ1v) is 13.7. The molecular weight excluding hydrogens is 566 g/mol. The van der Waals surface area contributed by atoms with E-state index in [-0.39, 0.29) is 70.4 Å². The van der Waals surface area contributed by atoms with Crippen LogP contribution >= 0.6 is 0 Å². The van der Waals surface area contributed by atoms with Crippen LogP contribution in [0.15, 0.2) is 48.6 Å². The van der Waals surface area contributed by atoms with Gasteiger partial charge in [0.15, 0.2) is 5.69 Å². The van der Waals surface area contributed by atoms with Crippen molar-refractivity contribution in [1.82, 2.24) is 25.1 Å². The molecule has 1 aromatic heterocycles. The molecule has 43 heavy (non-hydrogen) atoms. The van der Waals surface area contributed by atoms with Gasteiger partial charge in [-0.1, -0.05) is 18.2 Å². The highest BCUT2D eigenvalue weighted by molar-refractivity contribution is 5.96. The van der Waals surface area contributed by atoms with Crippen molar-refractivity contribution in [2.75, 3.05) is 46.0 Å². The molecular formula is C28H35N5O10. The van der Waals surface area contributed by atoms with Gasteiger partial charge in [-0.15, -0.1) is 5.06 Å². The van der Waals surface area contributed by atoms with E-state index in [0.29, 0.717) is 5.69 Å². The number of aromatic nitrogens is 2. The molecule has 15 heteroatoms. The summed E-state index contributed by atoms with van der Waals surface area (Å²) in [5.41, 5.74) is 0.515. The molecule has 1 aliphatic heterocycles. The SMILES string of the molecule is CCOC(=O)/C=C/COc1cc(C(=O)N[C@@H](CCC(=O)O)C(=O)N2CCN(OC(=O)OCC)CC2)nn1-c1ccccc1. The summed E-state index contributed by atoms with van der Waals surface area (Å²) in [6.07, 6.45) is 1.32. The lowest BCUT2D eigenvalue weighted by Crippen LogP contribution is -2.55. The normalized spacial score (nSPS) is 14.1. The van der Waals surface area contributed by atoms with E-state index in [1.165, 1.54) is 32.9 Å². The van der Waals surface area contributed by atoms with Gasteiger partial charge in [0.25, 0.3) is 5.91 Å². The Balaban J connectivity index is 1.73. The fourth-order valence-corrected chi connectivity index (χ4v) is 4.03. The van der Waals surface area contributed by atoms with E-state index in [2.05, 4.69) is 10.4 Å². The van der Waals surface area contributed by atoms with Crippen molar-refractivity contribution >= 4 is 29.9 Å². The van der Waals surface area contributed by atoms with E-state index in [4.69, 9.17) is 19.0 Å². The maximum Gasteiger partial charge on any atom is 0.527 e. The molecule has 0 radical (unpaired) electrons. The number of nitrogens with zero attached hydrogens (tertiary/aromatic N) is 4. The lowest BCUT2D eigenvalue weighted by Gasteiger charge is -2.35. The van der Waals surface area contributed by atoms with Crippen molar-refractivity contribution in [3.05, 3.63) is 54.2 Å². The van der Waals surface area contributed by atoms with E-state index in [0.717, 1.165) is 0 Å². The Kier molecular flexibility index (Phi) is 12.5. The van der Waals surface area contributed by atoms with Gasteiger partial charge in [-0.3, -0.25) is 14.4 Å². The molecule has 2 N–H and O–H groups in total. The number of esters is 1. The van der Waals surface area contributed by atoms with Crippen molar-refractivity contribution in [3.8, 4) is 11.6 Å². The predicted octanol–water partition coefficient (Wildman–Crippen LogP) is 1.57. The Morgan fingerprint density at radius 1 is 1.02 bits per heavy atom. The topological polar surface area (TPSA) is 179 Å². The number of aliphatic carboxylic acids is 1. The largest absolute Gasteiger partial charge is 0.527 e. The average Bonchev–Trinajstić information content (AvgIpc) is 3.42. The van der Waals surface area contributed by atoms with Gasteiger partial charge in [0.2, 0.25) is 11.8 Å². The Bertz CT molecular complexity index is 1290. The maximum absolute atomic E-state index is 13.4. The van der Waals surface area contributed by atoms with Crippen LogP contribution < -0.4 is 10.1 Å². The van der Waals surface area contributed by atoms with Crippen molar-refractivity contribution in [2.24, 2.45) is 0 Å². The third-order valence-electron chi connectivity index (χ3n) is 6.04. The fraction of sp³-hybridized carbons (Fsp3) is 0.429. The standard InChI is InChI=1S/C28H35N5O10/c1-3-40-25(36)11-8-18-42-23-19-22(30-33(23)20-9-6-5-7-10-20)26(37)29-21(12-13-24(34)35)27(38)31-14-16-32(17-15-31)43-28(39)41-4-2/h5-11,19,21H,3-4,12-18H2,1-2H3,(H,29,37)(H,34,35)/b11-8+/t21-/m0/s1. The number of carboxylic acids is 1. The lowest BCUT2D eigenvalue weighted by atomic mass is 10.1. The molecule has 0 saturated carbocycles. The highest BCUT2D eigenvalue weighted by atomic mass is 16.8. The van der Waals surface area contributed by atoms with Gasteiger partial charge in [-0.2, -0.15) is 5.10 Å². The molecule has 1 aromatic carbocycles. The number of hydroxylamine groups is 2. The minimum atomic E-state index is -1.15. The molecule has 1 atom stereocenters. The summed E-state index contributed by atoms with van der Waals surface area (Å²) in [5, 5.41) is 17.6. The van der Waals surface area contributed by atoms with Crippen molar-refractivity contribution in [2.45, 2.75) is 32.7 Å². The maximum atomic E-state index is 13.4. The van der Waals surface area contributed by atoms with Crippen LogP contribution in [0.2, 0.25) is 0 Å². The van der Waals surface area contributed by atoms with E-state index in [1.54, 1.807) is 38.1 Å². The van der Waals surface area contributed by atoms with Crippen LogP contribution in [0.4, 0.5) is 4.79 Å². The molecule has 3 rings (SSSR count). The predicted molar refractivity (Wildman–Crippen MR) is 149 cm³/mol. The summed E-state index contributed by atoms with van der Waals surface area (Å²) < 4.78 is 16.7. The zero-order valence-electron chi connectivity index (χ0n) is 24.0. The number of nitrogens with one attached hydrogen (secondary N) is 1. The number of hydrogen-bond donors (Lipinski definition) is 2. The minimum absolute atomic E-state index is 0.0238. The van der Waals surface area contributed by atoms with E-state index >= 15 is 0 Å². The Hall–Kier alpha value is -4.92. The van der Waals surface area contributed by atoms with Crippen LogP contribution in [0.1, 0.15) is 37.2 Å². The number of hydrogen-bond acceptors (Lipinski definition) is 11. The monoisotopic (exact) mass is 601 g/mol. The molecule has 1 saturated heterocycles. The molecule has 0 aliphatic carbocycles. The van der Waals surface area contributed by atoms with Crippen molar-refractivity contribution < 1.29 is 48.1 Å². The number of carbonyl (C=O) groups excluding carboxylic acids is 4. The average molecular weight is 602 g/mol. The van der Waals surface area contributed by atoms with E-state index in [1.807, 2.05) is 6.07 Å². The summed E-state index contributed by atoms with van der Waals surface area (Å²) >= 11 is 0. The zero-order chi connectivity index (χ0) is 31.2. The number of rotatable bonds is 14. The van der Waals surface area contributed by atoms with Crippen LogP contribution in [0, 0.1) is 0 Å². The number of amides is 2. The molecule has 0 unspecified atom stereocenters. The number of piperazine rings is 1. The Morgan fingerprint density at radius 3 is 2.37 bits per heavy atom. The van der Waals surface area contributed by atoms with Gasteiger partial charge < -0.3 is 34.4 Å². The summed E-state index contributed by atoms with van der Waals surface area (Å²) in [6, 6.07) is 9.09. The number of carboxylic acid groups (broad SMARTS) is 1. The first kappa shape index (κ1) is 32.6. The molecule has 15 nitrogen and oxygen atoms in total. The van der Waals surface area contributed by atoms with Crippen molar-refractivity contribution in [1.29, 1.82) is 0 Å². The van der Waals surface area contributed by atoms with Crippen molar-refractivity contribution in [3.63, 3.8) is 0 Å². The van der Waals surface area contributed by atoms with E-state index < -0.39 is 36.0 Å². The Labute approximate surface area is 247 Å². The van der Waals surface area contributed by atoms with Crippen LogP contribution in [0.25, 0.3) is 5.69 Å². The molecule has 1 aliphatic rings. The number of benzene rings is 1. The molecule has 2 aromatic rings. The number of carbonyl (C=O) groups is 5. The van der Waals surface area contributed by atoms with Gasteiger partial charge in [-0.25, -0.2) is 14.3 Å². The third kappa shape index (κ3) is 10.1. The van der Waals surface area contributed by atoms with Gasteiger partial charge >= 0.3 is 18.1 Å². The van der Waals surface area contributed by atoms with Crippen LogP contribution in [0.5, 0.6) is 5.88 Å². The lowest BCUT2D eigenvalue weighted by molar-refractivity contribution is -0.157. The molecule has 232 valence electrons. The third-order valence-corrected chi connectivity index (χ3v) is 6.04. The summed E-state index contributed by atoms with van der Waals surface area (Å²) in [5.74, 6) is -2.65. The first-order valence-electron chi connectivity index (χ1n) is 13.7. The second-order valence-corrected chi connectivity index (χ2v) is 9.07. The molecule has 0 spiro atoms. The molecule has 0 bridgehead atoms. The number of para-hydroxylation sites is 1. The first-order chi connectivity index (χ1) is 20.7. The van der Waals surface area contributed by atoms with Gasteiger partial charge in [0.1, 0.15) is 12.6 Å². The summed E-state index contributed by atoms with van der Waals surface area (Å²) in [6.45, 7) is 4.48. The quantitative estimate of drug-likeness (QED) is 0.236. The second-order valence-electron chi connectivity index (χ2n) is 9.07. The van der Waals surface area contributed by atoms with Gasteiger partial charge in [-0.05, 0) is 38.5 Å². The summed E-state index contributed by atoms with van der Waals surface area (Å²) in [7, 11) is 0. The van der Waals surface area contributed by atoms with Crippen LogP contribution in [0.3, 0.4) is 0 Å². The van der Waals surface area contributed by atoms with Gasteiger partial charge in [0.05, 0.1) is 32.0 Å². The van der Waals surface area contributed by atoms with E-state index in [9.17, 15) is 29.1 Å². The highest BCUT2D eigenvalue weighted by Gasteiger charge is 2.31. The van der Waals surface area contributed by atoms with Gasteiger partial charge in [0, 0.05) is 31.7 Å². The van der Waals surface area contributed by atoms with Crippen LogP contribution in [-0.2, 0) is 28.7 Å². The Morgan fingerprint density at radius 2 is 1.72 bits per heavy atom. The van der Waals surface area contributed by atoms with Crippen LogP contribution in [-0.4, -0.2) is 107 Å². The number of ether oxygens (including phenoxy) is 3. The zero-order valence-corrected chi connectivity index (χ0v) is 24.0. The molecule has 2 heterocycles. The fourth-order valence-electron chi connectivity index (χ4n) is 4.03. The molecule has 1 fully saturated rings. The highest BCUT2D eigenvalue weighted by Crippen LogP contribution is 2.20. The smallest absolute Gasteiger partial charge is 0.481 e. The minimum Gasteiger partial charge on any atom is -0.481 e. The molecule has 2 amide bonds. The summed E-state index contributed by atoms with van der Waals surface area (Å²) in [4.78, 5) is 67.6.